The summed E-state index contributed by atoms with van der Waals surface area (Å²) in [5.74, 6) is 0.597. The Morgan fingerprint density at radius 1 is 1.09 bits per heavy atom. The van der Waals surface area contributed by atoms with Crippen molar-refractivity contribution >= 4 is 11.6 Å². The number of aromatic nitrogens is 4. The third-order valence-electron chi connectivity index (χ3n) is 5.33. The van der Waals surface area contributed by atoms with Crippen molar-refractivity contribution in [3.8, 4) is 22.6 Å². The first-order chi connectivity index (χ1) is 15.7. The molecule has 0 unspecified atom stereocenters. The van der Waals surface area contributed by atoms with Gasteiger partial charge in [0, 0.05) is 35.8 Å². The van der Waals surface area contributed by atoms with Gasteiger partial charge in [0.25, 0.3) is 5.91 Å². The summed E-state index contributed by atoms with van der Waals surface area (Å²) in [5, 5.41) is 2.96. The molecule has 0 fully saturated rings. The van der Waals surface area contributed by atoms with Crippen molar-refractivity contribution in [2.75, 3.05) is 6.54 Å². The lowest BCUT2D eigenvalue weighted by Crippen LogP contribution is -2.26. The summed E-state index contributed by atoms with van der Waals surface area (Å²) < 4.78 is 7.24. The second kappa shape index (κ2) is 8.47. The number of hydrogen-bond acceptors (Lipinski definition) is 5. The van der Waals surface area contributed by atoms with Crippen molar-refractivity contribution < 1.29 is 9.21 Å². The van der Waals surface area contributed by atoms with E-state index in [1.54, 1.807) is 25.0 Å². The van der Waals surface area contributed by atoms with Crippen molar-refractivity contribution in [1.82, 2.24) is 24.7 Å². The van der Waals surface area contributed by atoms with E-state index >= 15 is 0 Å². The minimum Gasteiger partial charge on any atom is -0.464 e. The maximum Gasteiger partial charge on any atom is 0.273 e. The summed E-state index contributed by atoms with van der Waals surface area (Å²) in [6, 6.07) is 17.7. The molecule has 0 bridgehead atoms. The number of rotatable bonds is 6. The van der Waals surface area contributed by atoms with Gasteiger partial charge in [-0.2, -0.15) is 0 Å². The van der Waals surface area contributed by atoms with Gasteiger partial charge in [-0.25, -0.2) is 9.97 Å². The Bertz CT molecular complexity index is 1360. The quantitative estimate of drug-likeness (QED) is 0.439. The normalized spacial score (nSPS) is 11.0. The van der Waals surface area contributed by atoms with E-state index in [0.29, 0.717) is 24.3 Å². The SMILES string of the molecule is Cc1cc(-c2cccnc2)nc2c(C(=O)NCCc3ccc(-c4ccco4)cc3)ncn12. The number of aryl methyl sites for hydroxylation is 1. The Labute approximate surface area is 184 Å². The largest absolute Gasteiger partial charge is 0.464 e. The number of hydrogen-bond donors (Lipinski definition) is 1. The number of fused-ring (bicyclic) bond motifs is 1. The minimum absolute atomic E-state index is 0.241. The molecule has 5 aromatic rings. The fourth-order valence-electron chi connectivity index (χ4n) is 3.63. The summed E-state index contributed by atoms with van der Waals surface area (Å²) in [5.41, 5.74) is 5.59. The number of carbonyl (C=O) groups excluding carboxylic acids is 1. The average Bonchev–Trinajstić information content (AvgIpc) is 3.51. The zero-order valence-electron chi connectivity index (χ0n) is 17.5. The summed E-state index contributed by atoms with van der Waals surface area (Å²) in [4.78, 5) is 26.0. The topological polar surface area (TPSA) is 85.3 Å². The first kappa shape index (κ1) is 19.7. The molecule has 5 rings (SSSR count). The molecule has 4 heterocycles. The number of pyridine rings is 1. The Hall–Kier alpha value is -4.26. The fraction of sp³-hybridized carbons (Fsp3) is 0.120. The van der Waals surface area contributed by atoms with Gasteiger partial charge in [0.2, 0.25) is 0 Å². The highest BCUT2D eigenvalue weighted by molar-refractivity contribution is 5.98. The number of carbonyl (C=O) groups is 1. The first-order valence-corrected chi connectivity index (χ1v) is 10.3. The van der Waals surface area contributed by atoms with Crippen LogP contribution < -0.4 is 5.32 Å². The highest BCUT2D eigenvalue weighted by atomic mass is 16.3. The van der Waals surface area contributed by atoms with Crippen molar-refractivity contribution in [2.24, 2.45) is 0 Å². The maximum atomic E-state index is 12.8. The standard InChI is InChI=1S/C25H21N5O2/c1-17-14-21(20-4-2-11-26-15-20)29-24-23(28-16-30(17)24)25(31)27-12-10-18-6-8-19(9-7-18)22-5-3-13-32-22/h2-9,11,13-16H,10,12H2,1H3,(H,27,31). The minimum atomic E-state index is -0.241. The lowest BCUT2D eigenvalue weighted by molar-refractivity contribution is 0.0951. The zero-order chi connectivity index (χ0) is 21.9. The van der Waals surface area contributed by atoms with Crippen LogP contribution in [0.2, 0.25) is 0 Å². The average molecular weight is 423 g/mol. The van der Waals surface area contributed by atoms with Gasteiger partial charge >= 0.3 is 0 Å². The van der Waals surface area contributed by atoms with Crippen LogP contribution in [0.1, 0.15) is 21.7 Å². The van der Waals surface area contributed by atoms with Gasteiger partial charge in [0.1, 0.15) is 12.1 Å². The van der Waals surface area contributed by atoms with E-state index in [4.69, 9.17) is 4.42 Å². The fourth-order valence-corrected chi connectivity index (χ4v) is 3.63. The van der Waals surface area contributed by atoms with E-state index in [1.165, 1.54) is 0 Å². The molecule has 1 aromatic carbocycles. The molecule has 0 radical (unpaired) electrons. The lowest BCUT2D eigenvalue weighted by Gasteiger charge is -2.07. The number of imidazole rings is 1. The summed E-state index contributed by atoms with van der Waals surface area (Å²) in [6.07, 6.45) is 7.48. The Balaban J connectivity index is 1.29. The second-order valence-electron chi connectivity index (χ2n) is 7.49. The molecule has 0 aliphatic heterocycles. The lowest BCUT2D eigenvalue weighted by atomic mass is 10.1. The van der Waals surface area contributed by atoms with Crippen LogP contribution in [0, 0.1) is 6.92 Å². The molecule has 7 nitrogen and oxygen atoms in total. The monoisotopic (exact) mass is 423 g/mol. The van der Waals surface area contributed by atoms with E-state index in [9.17, 15) is 4.79 Å². The second-order valence-corrected chi connectivity index (χ2v) is 7.49. The molecule has 0 spiro atoms. The summed E-state index contributed by atoms with van der Waals surface area (Å²) in [7, 11) is 0. The van der Waals surface area contributed by atoms with Crippen molar-refractivity contribution in [1.29, 1.82) is 0 Å². The molecule has 0 aliphatic rings. The van der Waals surface area contributed by atoms with Crippen molar-refractivity contribution in [3.63, 3.8) is 0 Å². The number of benzene rings is 1. The van der Waals surface area contributed by atoms with Crippen molar-refractivity contribution in [3.05, 3.63) is 96.5 Å². The van der Waals surface area contributed by atoms with E-state index in [1.807, 2.05) is 65.9 Å². The number of furan rings is 1. The van der Waals surface area contributed by atoms with Crippen LogP contribution in [0.3, 0.4) is 0 Å². The molecule has 0 atom stereocenters. The predicted octanol–water partition coefficient (Wildman–Crippen LogP) is 4.33. The Morgan fingerprint density at radius 2 is 1.97 bits per heavy atom. The maximum absolute atomic E-state index is 12.8. The molecule has 1 N–H and O–H groups in total. The van der Waals surface area contributed by atoms with Gasteiger partial charge < -0.3 is 9.73 Å². The molecule has 32 heavy (non-hydrogen) atoms. The summed E-state index contributed by atoms with van der Waals surface area (Å²) in [6.45, 7) is 2.46. The Kier molecular flexibility index (Phi) is 5.21. The van der Waals surface area contributed by atoms with E-state index < -0.39 is 0 Å². The van der Waals surface area contributed by atoms with Gasteiger partial charge in [-0.05, 0) is 49.2 Å². The first-order valence-electron chi connectivity index (χ1n) is 10.3. The number of amides is 1. The van der Waals surface area contributed by atoms with Gasteiger partial charge in [-0.3, -0.25) is 14.2 Å². The molecular weight excluding hydrogens is 402 g/mol. The Morgan fingerprint density at radius 3 is 2.72 bits per heavy atom. The van der Waals surface area contributed by atoms with Gasteiger partial charge in [0.15, 0.2) is 11.3 Å². The molecule has 4 aromatic heterocycles. The van der Waals surface area contributed by atoms with Crippen molar-refractivity contribution in [2.45, 2.75) is 13.3 Å². The number of nitrogens with zero attached hydrogens (tertiary/aromatic N) is 4. The molecule has 7 heteroatoms. The smallest absolute Gasteiger partial charge is 0.273 e. The van der Waals surface area contributed by atoms with Gasteiger partial charge in [-0.15, -0.1) is 0 Å². The van der Waals surface area contributed by atoms with E-state index in [-0.39, 0.29) is 5.91 Å². The molecular formula is C25H21N5O2. The third kappa shape index (κ3) is 3.88. The third-order valence-corrected chi connectivity index (χ3v) is 5.33. The molecule has 1 amide bonds. The van der Waals surface area contributed by atoms with E-state index in [2.05, 4.69) is 20.3 Å². The van der Waals surface area contributed by atoms with Crippen LogP contribution in [0.15, 0.2) is 84.0 Å². The molecule has 158 valence electrons. The van der Waals surface area contributed by atoms with Crippen LogP contribution in [0.25, 0.3) is 28.2 Å². The van der Waals surface area contributed by atoms with Crippen LogP contribution in [-0.4, -0.2) is 31.8 Å². The highest BCUT2D eigenvalue weighted by Gasteiger charge is 2.17. The zero-order valence-corrected chi connectivity index (χ0v) is 17.5. The molecule has 0 aliphatic carbocycles. The number of nitrogens with one attached hydrogen (secondary N) is 1. The van der Waals surface area contributed by atoms with Crippen LogP contribution in [0.4, 0.5) is 0 Å². The van der Waals surface area contributed by atoms with Gasteiger partial charge in [-0.1, -0.05) is 24.3 Å². The van der Waals surface area contributed by atoms with Gasteiger partial charge in [0.05, 0.1) is 12.0 Å². The summed E-state index contributed by atoms with van der Waals surface area (Å²) >= 11 is 0. The van der Waals surface area contributed by atoms with E-state index in [0.717, 1.165) is 33.8 Å². The van der Waals surface area contributed by atoms with Crippen LogP contribution >= 0.6 is 0 Å². The van der Waals surface area contributed by atoms with Crippen LogP contribution in [-0.2, 0) is 6.42 Å². The molecule has 0 saturated carbocycles. The predicted molar refractivity (Wildman–Crippen MR) is 121 cm³/mol. The highest BCUT2D eigenvalue weighted by Crippen LogP contribution is 2.21. The molecule has 0 saturated heterocycles. The van der Waals surface area contributed by atoms with Crippen LogP contribution in [0.5, 0.6) is 0 Å².